The van der Waals surface area contributed by atoms with Gasteiger partial charge in [-0.15, -0.1) is 22.7 Å². The third kappa shape index (κ3) is 3.36. The molecule has 5 nitrogen and oxygen atoms in total. The van der Waals surface area contributed by atoms with Crippen LogP contribution in [0.15, 0.2) is 11.4 Å². The van der Waals surface area contributed by atoms with E-state index in [9.17, 15) is 9.59 Å². The van der Waals surface area contributed by atoms with Crippen LogP contribution in [0.2, 0.25) is 0 Å². The zero-order valence-corrected chi connectivity index (χ0v) is 13.6. The molecule has 2 aromatic rings. The number of carbonyl (C=O) groups excluding carboxylic acids is 1. The summed E-state index contributed by atoms with van der Waals surface area (Å²) in [6.45, 7) is 0.466. The maximum absolute atomic E-state index is 12.2. The van der Waals surface area contributed by atoms with E-state index in [2.05, 4.69) is 10.3 Å². The Balaban J connectivity index is 1.53. The first-order valence-electron chi connectivity index (χ1n) is 7.21. The molecule has 2 N–H and O–H groups in total. The van der Waals surface area contributed by atoms with Gasteiger partial charge in [0, 0.05) is 23.2 Å². The third-order valence-electron chi connectivity index (χ3n) is 3.62. The fourth-order valence-electron chi connectivity index (χ4n) is 2.50. The number of nitrogens with zero attached hydrogens (tertiary/aromatic N) is 1. The number of thiazole rings is 1. The largest absolute Gasteiger partial charge is 0.476 e. The van der Waals surface area contributed by atoms with Gasteiger partial charge < -0.3 is 10.4 Å². The highest BCUT2D eigenvalue weighted by atomic mass is 32.1. The zero-order valence-electron chi connectivity index (χ0n) is 11.9. The summed E-state index contributed by atoms with van der Waals surface area (Å²) in [5.74, 6) is -1.06. The van der Waals surface area contributed by atoms with E-state index in [0.29, 0.717) is 13.0 Å². The fourth-order valence-corrected chi connectivity index (χ4v) is 4.44. The Labute approximate surface area is 136 Å². The predicted molar refractivity (Wildman–Crippen MR) is 86.1 cm³/mol. The number of carbonyl (C=O) groups is 2. The van der Waals surface area contributed by atoms with E-state index >= 15 is 0 Å². The molecule has 0 bridgehead atoms. The van der Waals surface area contributed by atoms with Gasteiger partial charge in [0.25, 0.3) is 5.91 Å². The molecule has 1 aliphatic carbocycles. The molecule has 0 saturated carbocycles. The SMILES string of the molecule is O=C(O)c1csc(CCNC(=O)c2cc3c(s2)CCCC3)n1. The summed E-state index contributed by atoms with van der Waals surface area (Å²) >= 11 is 2.90. The van der Waals surface area contributed by atoms with Crippen molar-refractivity contribution in [2.24, 2.45) is 0 Å². The van der Waals surface area contributed by atoms with Gasteiger partial charge in [-0.05, 0) is 37.3 Å². The van der Waals surface area contributed by atoms with E-state index in [4.69, 9.17) is 5.11 Å². The highest BCUT2D eigenvalue weighted by molar-refractivity contribution is 7.14. The van der Waals surface area contributed by atoms with Crippen molar-refractivity contribution in [1.82, 2.24) is 10.3 Å². The quantitative estimate of drug-likeness (QED) is 0.880. The van der Waals surface area contributed by atoms with Crippen LogP contribution in [0.3, 0.4) is 0 Å². The van der Waals surface area contributed by atoms with Crippen LogP contribution in [0, 0.1) is 0 Å². The van der Waals surface area contributed by atoms with E-state index < -0.39 is 5.97 Å². The summed E-state index contributed by atoms with van der Waals surface area (Å²) in [5, 5.41) is 13.9. The Morgan fingerprint density at radius 2 is 2.14 bits per heavy atom. The number of carboxylic acid groups (broad SMARTS) is 1. The van der Waals surface area contributed by atoms with Crippen molar-refractivity contribution in [2.45, 2.75) is 32.1 Å². The van der Waals surface area contributed by atoms with Crippen LogP contribution in [-0.2, 0) is 19.3 Å². The van der Waals surface area contributed by atoms with Crippen molar-refractivity contribution in [3.63, 3.8) is 0 Å². The molecule has 3 rings (SSSR count). The monoisotopic (exact) mass is 336 g/mol. The number of hydrogen-bond donors (Lipinski definition) is 2. The van der Waals surface area contributed by atoms with Crippen molar-refractivity contribution in [1.29, 1.82) is 0 Å². The minimum Gasteiger partial charge on any atom is -0.476 e. The van der Waals surface area contributed by atoms with Crippen molar-refractivity contribution < 1.29 is 14.7 Å². The van der Waals surface area contributed by atoms with Gasteiger partial charge in [0.15, 0.2) is 5.69 Å². The van der Waals surface area contributed by atoms with Gasteiger partial charge in [-0.1, -0.05) is 0 Å². The Kier molecular flexibility index (Phi) is 4.54. The number of thiophene rings is 1. The molecule has 0 aromatic carbocycles. The van der Waals surface area contributed by atoms with Gasteiger partial charge in [0.1, 0.15) is 0 Å². The topological polar surface area (TPSA) is 79.3 Å². The molecule has 2 heterocycles. The zero-order chi connectivity index (χ0) is 15.5. The van der Waals surface area contributed by atoms with E-state index in [1.54, 1.807) is 11.3 Å². The van der Waals surface area contributed by atoms with Crippen molar-refractivity contribution in [3.05, 3.63) is 37.5 Å². The molecule has 0 unspecified atom stereocenters. The average molecular weight is 336 g/mol. The lowest BCUT2D eigenvalue weighted by molar-refractivity contribution is 0.0690. The fraction of sp³-hybridized carbons (Fsp3) is 0.400. The van der Waals surface area contributed by atoms with Gasteiger partial charge >= 0.3 is 5.97 Å². The molecule has 7 heteroatoms. The molecule has 22 heavy (non-hydrogen) atoms. The van der Waals surface area contributed by atoms with Gasteiger partial charge in [-0.25, -0.2) is 9.78 Å². The standard InChI is InChI=1S/C15H16N2O3S2/c18-14(12-7-9-3-1-2-4-11(9)22-12)16-6-5-13-17-10(8-21-13)15(19)20/h7-8H,1-6H2,(H,16,18)(H,19,20). The average Bonchev–Trinajstić information content (AvgIpc) is 3.13. The van der Waals surface area contributed by atoms with E-state index in [1.165, 1.54) is 40.0 Å². The molecule has 1 amide bonds. The number of aryl methyl sites for hydroxylation is 2. The highest BCUT2D eigenvalue weighted by Crippen LogP contribution is 2.29. The second kappa shape index (κ2) is 6.58. The summed E-state index contributed by atoms with van der Waals surface area (Å²) in [6.07, 6.45) is 5.14. The lowest BCUT2D eigenvalue weighted by Gasteiger charge is -2.08. The first-order chi connectivity index (χ1) is 10.6. The van der Waals surface area contributed by atoms with Crippen molar-refractivity contribution in [2.75, 3.05) is 6.54 Å². The Hall–Kier alpha value is -1.73. The Morgan fingerprint density at radius 3 is 2.86 bits per heavy atom. The van der Waals surface area contributed by atoms with Gasteiger partial charge in [-0.2, -0.15) is 0 Å². The van der Waals surface area contributed by atoms with Crippen molar-refractivity contribution >= 4 is 34.6 Å². The maximum Gasteiger partial charge on any atom is 0.355 e. The first-order valence-corrected chi connectivity index (χ1v) is 8.90. The summed E-state index contributed by atoms with van der Waals surface area (Å²) in [6, 6.07) is 2.01. The molecular formula is C15H16N2O3S2. The van der Waals surface area contributed by atoms with Crippen LogP contribution in [0.4, 0.5) is 0 Å². The number of rotatable bonds is 5. The minimum absolute atomic E-state index is 0.0468. The molecule has 0 atom stereocenters. The first kappa shape index (κ1) is 15.2. The van der Waals surface area contributed by atoms with Gasteiger partial charge in [0.05, 0.1) is 9.88 Å². The number of fused-ring (bicyclic) bond motifs is 1. The van der Waals surface area contributed by atoms with Crippen LogP contribution in [0.25, 0.3) is 0 Å². The number of aromatic carboxylic acids is 1. The smallest absolute Gasteiger partial charge is 0.355 e. The maximum atomic E-state index is 12.2. The Bertz CT molecular complexity index is 682. The second-order valence-electron chi connectivity index (χ2n) is 5.20. The summed E-state index contributed by atoms with van der Waals surface area (Å²) in [5.41, 5.74) is 1.39. The van der Waals surface area contributed by atoms with E-state index in [0.717, 1.165) is 22.7 Å². The minimum atomic E-state index is -1.02. The Morgan fingerprint density at radius 1 is 1.32 bits per heavy atom. The van der Waals surface area contributed by atoms with Crippen LogP contribution in [-0.4, -0.2) is 28.5 Å². The molecule has 116 valence electrons. The lowest BCUT2D eigenvalue weighted by Crippen LogP contribution is -2.24. The second-order valence-corrected chi connectivity index (χ2v) is 7.28. The van der Waals surface area contributed by atoms with E-state index in [1.807, 2.05) is 6.07 Å². The number of nitrogens with one attached hydrogen (secondary N) is 1. The number of amides is 1. The molecule has 0 spiro atoms. The molecule has 2 aromatic heterocycles. The summed E-state index contributed by atoms with van der Waals surface area (Å²) < 4.78 is 0. The third-order valence-corrected chi connectivity index (χ3v) is 5.76. The van der Waals surface area contributed by atoms with Crippen LogP contribution < -0.4 is 5.32 Å². The van der Waals surface area contributed by atoms with Gasteiger partial charge in [0.2, 0.25) is 0 Å². The molecule has 0 saturated heterocycles. The van der Waals surface area contributed by atoms with Crippen LogP contribution in [0.1, 0.15) is 48.5 Å². The highest BCUT2D eigenvalue weighted by Gasteiger charge is 2.17. The normalized spacial score (nSPS) is 13.6. The van der Waals surface area contributed by atoms with Crippen LogP contribution in [0.5, 0.6) is 0 Å². The molecular weight excluding hydrogens is 320 g/mol. The summed E-state index contributed by atoms with van der Waals surface area (Å²) in [7, 11) is 0. The van der Waals surface area contributed by atoms with Gasteiger partial charge in [-0.3, -0.25) is 4.79 Å². The predicted octanol–water partition coefficient (Wildman–Crippen LogP) is 2.75. The molecule has 1 aliphatic rings. The summed E-state index contributed by atoms with van der Waals surface area (Å²) in [4.78, 5) is 29.0. The molecule has 0 aliphatic heterocycles. The number of carboxylic acids is 1. The number of hydrogen-bond acceptors (Lipinski definition) is 5. The lowest BCUT2D eigenvalue weighted by atomic mass is 9.99. The molecule has 0 fully saturated rings. The van der Waals surface area contributed by atoms with E-state index in [-0.39, 0.29) is 11.6 Å². The van der Waals surface area contributed by atoms with Crippen LogP contribution >= 0.6 is 22.7 Å². The molecule has 0 radical (unpaired) electrons. The number of aromatic nitrogens is 1. The van der Waals surface area contributed by atoms with Crippen molar-refractivity contribution in [3.8, 4) is 0 Å².